The Balaban J connectivity index is 1.50. The van der Waals surface area contributed by atoms with E-state index in [9.17, 15) is 13.2 Å². The highest BCUT2D eigenvalue weighted by Gasteiger charge is 2.30. The molecule has 0 aromatic heterocycles. The number of amides is 1. The molecule has 1 aliphatic rings. The number of benzene rings is 2. The Bertz CT molecular complexity index is 974. The van der Waals surface area contributed by atoms with E-state index in [4.69, 9.17) is 16.3 Å². The topological polar surface area (TPSA) is 88.1 Å². The van der Waals surface area contributed by atoms with E-state index < -0.39 is 10.0 Å². The minimum Gasteiger partial charge on any atom is -0.492 e. The van der Waals surface area contributed by atoms with Crippen molar-refractivity contribution < 1.29 is 17.9 Å². The molecule has 9 heteroatoms. The summed E-state index contributed by atoms with van der Waals surface area (Å²) in [5.74, 6) is 0.660. The van der Waals surface area contributed by atoms with Crippen molar-refractivity contribution in [3.8, 4) is 5.75 Å². The lowest BCUT2D eigenvalue weighted by Gasteiger charge is -2.18. The number of likely N-dealkylation sites (N-methyl/N-ethyl adjacent to an activating group) is 1. The second kappa shape index (κ2) is 7.98. The molecule has 2 aromatic rings. The van der Waals surface area contributed by atoms with Crippen LogP contribution in [-0.2, 0) is 14.8 Å². The van der Waals surface area contributed by atoms with Crippen molar-refractivity contribution in [1.29, 1.82) is 0 Å². The average Bonchev–Trinajstić information content (AvgIpc) is 2.92. The Morgan fingerprint density at radius 2 is 1.89 bits per heavy atom. The summed E-state index contributed by atoms with van der Waals surface area (Å²) in [6, 6.07) is 13.5. The molecule has 1 amide bonds. The second-order valence-corrected chi connectivity index (χ2v) is 7.90. The van der Waals surface area contributed by atoms with Gasteiger partial charge in [0.05, 0.1) is 13.1 Å². The lowest BCUT2D eigenvalue weighted by Crippen LogP contribution is -2.39. The van der Waals surface area contributed by atoms with Crippen LogP contribution in [0.2, 0.25) is 5.02 Å². The van der Waals surface area contributed by atoms with E-state index in [0.717, 1.165) is 0 Å². The number of hydrogen-bond acceptors (Lipinski definition) is 5. The monoisotopic (exact) mass is 407 g/mol. The van der Waals surface area contributed by atoms with Crippen LogP contribution in [0, 0.1) is 0 Å². The first kappa shape index (κ1) is 19.2. The summed E-state index contributed by atoms with van der Waals surface area (Å²) in [6.45, 7) is 0.593. The fourth-order valence-corrected chi connectivity index (χ4v) is 3.98. The molecule has 27 heavy (non-hydrogen) atoms. The van der Waals surface area contributed by atoms with E-state index >= 15 is 0 Å². The van der Waals surface area contributed by atoms with Crippen LogP contribution in [0.4, 0.5) is 0 Å². The normalized spacial score (nSPS) is 14.2. The van der Waals surface area contributed by atoms with Crippen LogP contribution in [-0.4, -0.2) is 51.8 Å². The van der Waals surface area contributed by atoms with Gasteiger partial charge in [0.2, 0.25) is 5.91 Å². The van der Waals surface area contributed by atoms with E-state index in [1.807, 2.05) is 0 Å². The summed E-state index contributed by atoms with van der Waals surface area (Å²) in [5, 5.41) is 3.35. The van der Waals surface area contributed by atoms with Crippen LogP contribution < -0.4 is 10.1 Å². The smallest absolute Gasteiger partial charge is 0.285 e. The summed E-state index contributed by atoms with van der Waals surface area (Å²) in [4.78, 5) is 13.8. The van der Waals surface area contributed by atoms with Gasteiger partial charge in [0.1, 0.15) is 17.3 Å². The van der Waals surface area contributed by atoms with Crippen molar-refractivity contribution in [3.05, 3.63) is 59.1 Å². The number of fused-ring (bicyclic) bond motifs is 1. The fraction of sp³-hybridized carbons (Fsp3) is 0.222. The largest absolute Gasteiger partial charge is 0.492 e. The molecule has 3 rings (SSSR count). The van der Waals surface area contributed by atoms with Crippen molar-refractivity contribution in [2.24, 2.45) is 4.40 Å². The number of hydrogen-bond donors (Lipinski definition) is 1. The summed E-state index contributed by atoms with van der Waals surface area (Å²) < 4.78 is 33.4. The first-order valence-corrected chi connectivity index (χ1v) is 9.99. The van der Waals surface area contributed by atoms with E-state index in [-0.39, 0.29) is 23.2 Å². The molecule has 0 radical (unpaired) electrons. The number of carbonyl (C=O) groups excluding carboxylic acids is 1. The zero-order valence-corrected chi connectivity index (χ0v) is 16.1. The van der Waals surface area contributed by atoms with Gasteiger partial charge in [-0.05, 0) is 36.4 Å². The van der Waals surface area contributed by atoms with Gasteiger partial charge in [-0.25, -0.2) is 0 Å². The van der Waals surface area contributed by atoms with Gasteiger partial charge in [-0.15, -0.1) is 4.40 Å². The van der Waals surface area contributed by atoms with Crippen molar-refractivity contribution in [3.63, 3.8) is 0 Å². The standard InChI is InChI=1S/C18H18ClN3O4S/c1-22(18-15-4-2-3-5-16(15)27(24,25)21-18)12-17(23)20-10-11-26-14-8-6-13(19)7-9-14/h2-9H,10-12H2,1H3,(H,20,23). The summed E-state index contributed by atoms with van der Waals surface area (Å²) in [7, 11) is -2.08. The first-order chi connectivity index (χ1) is 12.9. The Kier molecular flexibility index (Phi) is 5.67. The van der Waals surface area contributed by atoms with Crippen molar-refractivity contribution >= 4 is 33.4 Å². The maximum Gasteiger partial charge on any atom is 0.285 e. The van der Waals surface area contributed by atoms with E-state index in [1.54, 1.807) is 49.5 Å². The van der Waals surface area contributed by atoms with Crippen LogP contribution in [0.1, 0.15) is 5.56 Å². The lowest BCUT2D eigenvalue weighted by atomic mass is 10.2. The molecular weight excluding hydrogens is 390 g/mol. The second-order valence-electron chi connectivity index (χ2n) is 5.89. The molecule has 2 aromatic carbocycles. The molecule has 142 valence electrons. The summed E-state index contributed by atoms with van der Waals surface area (Å²) >= 11 is 5.80. The number of rotatable bonds is 6. The third kappa shape index (κ3) is 4.58. The number of carbonyl (C=O) groups is 1. The number of nitrogens with one attached hydrogen (secondary N) is 1. The Hall–Kier alpha value is -2.58. The van der Waals surface area contributed by atoms with Gasteiger partial charge in [0.25, 0.3) is 10.0 Å². The SMILES string of the molecule is CN(CC(=O)NCCOc1ccc(Cl)cc1)C1=NS(=O)(=O)c2ccccc21. The highest BCUT2D eigenvalue weighted by atomic mass is 35.5. The molecule has 1 aliphatic heterocycles. The van der Waals surface area contributed by atoms with Gasteiger partial charge in [-0.3, -0.25) is 4.79 Å². The van der Waals surface area contributed by atoms with Crippen LogP contribution in [0.3, 0.4) is 0 Å². The number of nitrogens with zero attached hydrogens (tertiary/aromatic N) is 2. The van der Waals surface area contributed by atoms with Crippen LogP contribution >= 0.6 is 11.6 Å². The minimum atomic E-state index is -3.71. The Morgan fingerprint density at radius 3 is 2.63 bits per heavy atom. The summed E-state index contributed by atoms with van der Waals surface area (Å²) in [5.41, 5.74) is 0.499. The highest BCUT2D eigenvalue weighted by molar-refractivity contribution is 7.90. The average molecular weight is 408 g/mol. The number of sulfonamides is 1. The lowest BCUT2D eigenvalue weighted by molar-refractivity contribution is -0.121. The molecule has 1 N–H and O–H groups in total. The highest BCUT2D eigenvalue weighted by Crippen LogP contribution is 2.26. The molecule has 0 atom stereocenters. The Morgan fingerprint density at radius 1 is 1.19 bits per heavy atom. The predicted octanol–water partition coefficient (Wildman–Crippen LogP) is 1.92. The maximum atomic E-state index is 12.1. The molecule has 0 aliphatic carbocycles. The molecule has 0 fully saturated rings. The van der Waals surface area contributed by atoms with Gasteiger partial charge >= 0.3 is 0 Å². The van der Waals surface area contributed by atoms with E-state index in [0.29, 0.717) is 29.5 Å². The third-order valence-corrected chi connectivity index (χ3v) is 5.44. The van der Waals surface area contributed by atoms with E-state index in [1.165, 1.54) is 11.0 Å². The molecule has 7 nitrogen and oxygen atoms in total. The molecule has 1 heterocycles. The molecular formula is C18H18ClN3O4S. The molecule has 0 spiro atoms. The zero-order valence-electron chi connectivity index (χ0n) is 14.6. The van der Waals surface area contributed by atoms with Crippen molar-refractivity contribution in [2.45, 2.75) is 4.90 Å². The quantitative estimate of drug-likeness (QED) is 0.739. The molecule has 0 saturated heterocycles. The van der Waals surface area contributed by atoms with Crippen molar-refractivity contribution in [2.75, 3.05) is 26.7 Å². The maximum absolute atomic E-state index is 12.1. The van der Waals surface area contributed by atoms with Gasteiger partial charge in [0.15, 0.2) is 5.84 Å². The number of ether oxygens (including phenoxy) is 1. The van der Waals surface area contributed by atoms with Gasteiger partial charge in [-0.2, -0.15) is 8.42 Å². The van der Waals surface area contributed by atoms with Crippen LogP contribution in [0.25, 0.3) is 0 Å². The van der Waals surface area contributed by atoms with E-state index in [2.05, 4.69) is 9.71 Å². The Labute approximate surface area is 162 Å². The predicted molar refractivity (Wildman–Crippen MR) is 103 cm³/mol. The third-order valence-electron chi connectivity index (χ3n) is 3.86. The molecule has 0 unspecified atom stereocenters. The van der Waals surface area contributed by atoms with Gasteiger partial charge < -0.3 is 15.0 Å². The number of amidine groups is 1. The van der Waals surface area contributed by atoms with Gasteiger partial charge in [-0.1, -0.05) is 23.7 Å². The van der Waals surface area contributed by atoms with Crippen LogP contribution in [0.15, 0.2) is 57.8 Å². The minimum absolute atomic E-state index is 0.0242. The van der Waals surface area contributed by atoms with Crippen LogP contribution in [0.5, 0.6) is 5.75 Å². The van der Waals surface area contributed by atoms with Gasteiger partial charge in [0, 0.05) is 17.6 Å². The molecule has 0 saturated carbocycles. The zero-order chi connectivity index (χ0) is 19.4. The fourth-order valence-electron chi connectivity index (χ4n) is 2.60. The first-order valence-electron chi connectivity index (χ1n) is 8.17. The molecule has 0 bridgehead atoms. The summed E-state index contributed by atoms with van der Waals surface area (Å²) in [6.07, 6.45) is 0. The van der Waals surface area contributed by atoms with Crippen molar-refractivity contribution in [1.82, 2.24) is 10.2 Å². The number of halogens is 1.